The topological polar surface area (TPSA) is 46.1 Å². The zero-order valence-electron chi connectivity index (χ0n) is 16.6. The van der Waals surface area contributed by atoms with Crippen LogP contribution in [-0.2, 0) is 0 Å². The molecule has 0 heterocycles. The number of anilines is 2. The molecular weight excluding hydrogens is 382 g/mol. The van der Waals surface area contributed by atoms with Gasteiger partial charge in [-0.25, -0.2) is 4.99 Å². The van der Waals surface area contributed by atoms with Crippen LogP contribution in [0, 0.1) is 0 Å². The molecule has 6 heteroatoms. The molecule has 0 aliphatic heterocycles. The fourth-order valence-corrected chi connectivity index (χ4v) is 3.14. The first-order valence-corrected chi connectivity index (χ1v) is 9.49. The lowest BCUT2D eigenvalue weighted by Crippen LogP contribution is -2.30. The van der Waals surface area contributed by atoms with Crippen molar-refractivity contribution in [3.63, 3.8) is 0 Å². The maximum absolute atomic E-state index is 5.57. The molecule has 3 aromatic rings. The van der Waals surface area contributed by atoms with Crippen LogP contribution in [0.15, 0.2) is 83.9 Å². The molecule has 3 aromatic carbocycles. The van der Waals surface area contributed by atoms with Crippen LogP contribution in [0.2, 0.25) is 0 Å². The number of hydrogen-bond donors (Lipinski definition) is 1. The van der Waals surface area contributed by atoms with Gasteiger partial charge in [0.25, 0.3) is 0 Å². The summed E-state index contributed by atoms with van der Waals surface area (Å²) in [5, 5.41) is 3.51. The van der Waals surface area contributed by atoms with Crippen molar-refractivity contribution in [2.45, 2.75) is 0 Å². The highest BCUT2D eigenvalue weighted by molar-refractivity contribution is 7.80. The van der Waals surface area contributed by atoms with Crippen molar-refractivity contribution in [1.29, 1.82) is 0 Å². The third-order valence-corrected chi connectivity index (χ3v) is 4.54. The normalized spacial score (nSPS) is 10.9. The van der Waals surface area contributed by atoms with Gasteiger partial charge < -0.3 is 19.7 Å². The standard InChI is InChI=1S/C23H23N3O2S/c1-26(19-14-8-10-16-21(19)28-3)22(18-13-7-9-15-20(18)27-2)25-23(29)24-17-11-5-4-6-12-17/h4-16H,1-3H3,(H,24,29). The number of benzene rings is 3. The summed E-state index contributed by atoms with van der Waals surface area (Å²) in [5.41, 5.74) is 2.56. The minimum absolute atomic E-state index is 0.346. The molecule has 0 aromatic heterocycles. The molecular formula is C23H23N3O2S. The molecule has 0 aliphatic carbocycles. The Morgan fingerprint density at radius 3 is 2.10 bits per heavy atom. The van der Waals surface area contributed by atoms with Crippen molar-refractivity contribution in [2.75, 3.05) is 31.5 Å². The molecule has 3 rings (SSSR count). The number of amidine groups is 1. The van der Waals surface area contributed by atoms with Crippen LogP contribution in [0.25, 0.3) is 0 Å². The summed E-state index contributed by atoms with van der Waals surface area (Å²) in [6.07, 6.45) is 0. The number of aliphatic imine (C=N–C) groups is 1. The molecule has 29 heavy (non-hydrogen) atoms. The number of para-hydroxylation sites is 4. The highest BCUT2D eigenvalue weighted by atomic mass is 32.1. The van der Waals surface area contributed by atoms with E-state index in [0.29, 0.717) is 16.7 Å². The van der Waals surface area contributed by atoms with Gasteiger partial charge >= 0.3 is 0 Å². The largest absolute Gasteiger partial charge is 0.496 e. The average Bonchev–Trinajstić information content (AvgIpc) is 2.77. The van der Waals surface area contributed by atoms with Gasteiger partial charge in [-0.3, -0.25) is 0 Å². The predicted octanol–water partition coefficient (Wildman–Crippen LogP) is 4.98. The van der Waals surface area contributed by atoms with E-state index in [-0.39, 0.29) is 0 Å². The Kier molecular flexibility index (Phi) is 6.81. The summed E-state index contributed by atoms with van der Waals surface area (Å²) < 4.78 is 11.1. The number of rotatable bonds is 5. The van der Waals surface area contributed by atoms with Crippen LogP contribution < -0.4 is 19.7 Å². The van der Waals surface area contributed by atoms with E-state index >= 15 is 0 Å². The Morgan fingerprint density at radius 1 is 0.828 bits per heavy atom. The number of hydrogen-bond acceptors (Lipinski definition) is 3. The second-order valence-electron chi connectivity index (χ2n) is 6.16. The molecule has 0 amide bonds. The van der Waals surface area contributed by atoms with Crippen molar-refractivity contribution < 1.29 is 9.47 Å². The van der Waals surface area contributed by atoms with E-state index in [1.807, 2.05) is 90.8 Å². The van der Waals surface area contributed by atoms with E-state index in [4.69, 9.17) is 26.7 Å². The summed E-state index contributed by atoms with van der Waals surface area (Å²) in [6.45, 7) is 0. The minimum Gasteiger partial charge on any atom is -0.496 e. The SMILES string of the molecule is COc1ccccc1C(=NC(=S)Nc1ccccc1)N(C)c1ccccc1OC. The monoisotopic (exact) mass is 405 g/mol. The van der Waals surface area contributed by atoms with Gasteiger partial charge in [-0.05, 0) is 48.6 Å². The molecule has 0 bridgehead atoms. The van der Waals surface area contributed by atoms with Gasteiger partial charge in [0.15, 0.2) is 5.11 Å². The molecule has 0 fully saturated rings. The molecule has 148 valence electrons. The Bertz CT molecular complexity index is 1010. The summed E-state index contributed by atoms with van der Waals surface area (Å²) >= 11 is 5.52. The van der Waals surface area contributed by atoms with E-state index in [1.54, 1.807) is 14.2 Å². The van der Waals surface area contributed by atoms with Crippen molar-refractivity contribution in [3.8, 4) is 11.5 Å². The van der Waals surface area contributed by atoms with Crippen molar-refractivity contribution in [2.24, 2.45) is 4.99 Å². The number of nitrogens with one attached hydrogen (secondary N) is 1. The van der Waals surface area contributed by atoms with E-state index in [2.05, 4.69) is 5.32 Å². The summed E-state index contributed by atoms with van der Waals surface area (Å²) in [6, 6.07) is 25.2. The lowest BCUT2D eigenvalue weighted by atomic mass is 10.1. The Morgan fingerprint density at radius 2 is 1.41 bits per heavy atom. The van der Waals surface area contributed by atoms with E-state index in [0.717, 1.165) is 22.7 Å². The first kappa shape index (κ1) is 20.4. The van der Waals surface area contributed by atoms with Crippen molar-refractivity contribution in [3.05, 3.63) is 84.4 Å². The highest BCUT2D eigenvalue weighted by Gasteiger charge is 2.19. The van der Waals surface area contributed by atoms with Crippen LogP contribution in [-0.4, -0.2) is 32.2 Å². The maximum atomic E-state index is 5.57. The first-order chi connectivity index (χ1) is 14.1. The zero-order valence-corrected chi connectivity index (χ0v) is 17.4. The Balaban J connectivity index is 2.05. The van der Waals surface area contributed by atoms with Gasteiger partial charge in [0.1, 0.15) is 17.3 Å². The number of nitrogens with zero attached hydrogens (tertiary/aromatic N) is 2. The number of thiocarbonyl (C=S) groups is 1. The van der Waals surface area contributed by atoms with Crippen LogP contribution in [0.3, 0.4) is 0 Å². The van der Waals surface area contributed by atoms with E-state index in [1.165, 1.54) is 0 Å². The second kappa shape index (κ2) is 9.71. The van der Waals surface area contributed by atoms with Crippen LogP contribution in [0.1, 0.15) is 5.56 Å². The van der Waals surface area contributed by atoms with Crippen LogP contribution >= 0.6 is 12.2 Å². The molecule has 0 radical (unpaired) electrons. The summed E-state index contributed by atoms with van der Waals surface area (Å²) in [5.74, 6) is 2.08. The molecule has 0 unspecified atom stereocenters. The second-order valence-corrected chi connectivity index (χ2v) is 6.55. The van der Waals surface area contributed by atoms with Crippen LogP contribution in [0.4, 0.5) is 11.4 Å². The molecule has 0 saturated heterocycles. The molecule has 0 atom stereocenters. The molecule has 0 spiro atoms. The predicted molar refractivity (Wildman–Crippen MR) is 124 cm³/mol. The van der Waals surface area contributed by atoms with Gasteiger partial charge in [-0.1, -0.05) is 42.5 Å². The van der Waals surface area contributed by atoms with Gasteiger partial charge in [-0.15, -0.1) is 0 Å². The highest BCUT2D eigenvalue weighted by Crippen LogP contribution is 2.30. The number of methoxy groups -OCH3 is 2. The van der Waals surface area contributed by atoms with Gasteiger partial charge in [0.2, 0.25) is 0 Å². The number of ether oxygens (including phenoxy) is 2. The maximum Gasteiger partial charge on any atom is 0.199 e. The molecule has 0 saturated carbocycles. The zero-order chi connectivity index (χ0) is 20.6. The summed E-state index contributed by atoms with van der Waals surface area (Å²) in [4.78, 5) is 6.67. The summed E-state index contributed by atoms with van der Waals surface area (Å²) in [7, 11) is 5.21. The lowest BCUT2D eigenvalue weighted by molar-refractivity contribution is 0.413. The quantitative estimate of drug-likeness (QED) is 0.368. The fourth-order valence-electron chi connectivity index (χ4n) is 2.94. The molecule has 0 aliphatic rings. The van der Waals surface area contributed by atoms with Crippen molar-refractivity contribution >= 4 is 34.5 Å². The minimum atomic E-state index is 0.346. The van der Waals surface area contributed by atoms with E-state index in [9.17, 15) is 0 Å². The molecule has 5 nitrogen and oxygen atoms in total. The first-order valence-electron chi connectivity index (χ1n) is 9.09. The average molecular weight is 406 g/mol. The van der Waals surface area contributed by atoms with Gasteiger partial charge in [-0.2, -0.15) is 0 Å². The fraction of sp³-hybridized carbons (Fsp3) is 0.130. The van der Waals surface area contributed by atoms with Gasteiger partial charge in [0, 0.05) is 12.7 Å². The van der Waals surface area contributed by atoms with E-state index < -0.39 is 0 Å². The Hall–Kier alpha value is -3.38. The third-order valence-electron chi connectivity index (χ3n) is 4.34. The lowest BCUT2D eigenvalue weighted by Gasteiger charge is -2.25. The van der Waals surface area contributed by atoms with Gasteiger partial charge in [0.05, 0.1) is 25.5 Å². The Labute approximate surface area is 176 Å². The van der Waals surface area contributed by atoms with Crippen molar-refractivity contribution in [1.82, 2.24) is 0 Å². The smallest absolute Gasteiger partial charge is 0.199 e. The third kappa shape index (κ3) is 4.92. The molecule has 1 N–H and O–H groups in total. The van der Waals surface area contributed by atoms with Crippen LogP contribution in [0.5, 0.6) is 11.5 Å².